The molecule has 0 radical (unpaired) electrons. The maximum absolute atomic E-state index is 10.5. The Labute approximate surface area is 111 Å². The molecule has 0 heterocycles. The summed E-state index contributed by atoms with van der Waals surface area (Å²) in [6.07, 6.45) is 10.2. The highest BCUT2D eigenvalue weighted by Crippen LogP contribution is 2.29. The number of aliphatic carboxylic acids is 1. The van der Waals surface area contributed by atoms with Gasteiger partial charge in [0.05, 0.1) is 5.97 Å². The minimum atomic E-state index is -1.08. The van der Waals surface area contributed by atoms with Gasteiger partial charge in [-0.2, -0.15) is 0 Å². The summed E-state index contributed by atoms with van der Waals surface area (Å²) in [5, 5.41) is 10.5. The molecule has 2 heteroatoms. The van der Waals surface area contributed by atoms with E-state index < -0.39 is 5.97 Å². The van der Waals surface area contributed by atoms with Crippen LogP contribution in [0.2, 0.25) is 0 Å². The van der Waals surface area contributed by atoms with Crippen molar-refractivity contribution in [1.29, 1.82) is 0 Å². The molecule has 2 nitrogen and oxygen atoms in total. The molecule has 0 fully saturated rings. The zero-order chi connectivity index (χ0) is 13.5. The van der Waals surface area contributed by atoms with Crippen LogP contribution in [-0.4, -0.2) is 5.97 Å². The van der Waals surface area contributed by atoms with E-state index in [1.165, 1.54) is 30.9 Å². The van der Waals surface area contributed by atoms with Gasteiger partial charge in [0.25, 0.3) is 0 Å². The molecule has 0 aliphatic heterocycles. The molecule has 1 unspecified atom stereocenters. The molecule has 1 aliphatic rings. The molecule has 0 saturated carbocycles. The average Bonchev–Trinajstić information content (AvgIpc) is 2.63. The van der Waals surface area contributed by atoms with Crippen molar-refractivity contribution in [3.8, 4) is 0 Å². The number of allylic oxidation sites excluding steroid dienone is 3. The lowest BCUT2D eigenvalue weighted by Gasteiger charge is -2.12. The molecule has 1 atom stereocenters. The lowest BCUT2D eigenvalue weighted by molar-refractivity contribution is -0.297. The lowest BCUT2D eigenvalue weighted by atomic mass is 9.94. The highest BCUT2D eigenvalue weighted by Gasteiger charge is 2.12. The minimum Gasteiger partial charge on any atom is -0.545 e. The largest absolute Gasteiger partial charge is 0.545 e. The second-order valence-electron chi connectivity index (χ2n) is 5.97. The Morgan fingerprint density at radius 3 is 2.67 bits per heavy atom. The van der Waals surface area contributed by atoms with Gasteiger partial charge in [0.1, 0.15) is 0 Å². The highest BCUT2D eigenvalue weighted by molar-refractivity contribution is 5.79. The fourth-order valence-electron chi connectivity index (χ4n) is 2.56. The molecular weight excluding hydrogens is 224 g/mol. The van der Waals surface area contributed by atoms with Crippen LogP contribution < -0.4 is 5.11 Å². The number of rotatable bonds is 7. The van der Waals surface area contributed by atoms with E-state index >= 15 is 0 Å². The van der Waals surface area contributed by atoms with Crippen LogP contribution in [0.4, 0.5) is 0 Å². The normalized spacial score (nSPS) is 19.3. The fraction of sp³-hybridized carbons (Fsp3) is 0.688. The van der Waals surface area contributed by atoms with E-state index in [4.69, 9.17) is 0 Å². The van der Waals surface area contributed by atoms with Gasteiger partial charge in [-0.05, 0) is 42.7 Å². The minimum absolute atomic E-state index is 0.706. The smallest absolute Gasteiger partial charge is 0.0645 e. The van der Waals surface area contributed by atoms with Gasteiger partial charge < -0.3 is 9.90 Å². The quantitative estimate of drug-likeness (QED) is 0.650. The summed E-state index contributed by atoms with van der Waals surface area (Å²) in [4.78, 5) is 10.5. The molecule has 1 rings (SSSR count). The number of hydrogen-bond acceptors (Lipinski definition) is 2. The molecule has 0 aromatic heterocycles. The van der Waals surface area contributed by atoms with Crippen molar-refractivity contribution in [2.75, 3.05) is 0 Å². The van der Waals surface area contributed by atoms with Gasteiger partial charge in [-0.1, -0.05) is 51.7 Å². The maximum atomic E-state index is 10.5. The molecule has 0 bridgehead atoms. The summed E-state index contributed by atoms with van der Waals surface area (Å²) >= 11 is 0. The Hall–Kier alpha value is -1.05. The van der Waals surface area contributed by atoms with Crippen LogP contribution in [0.1, 0.15) is 59.3 Å². The molecule has 18 heavy (non-hydrogen) atoms. The lowest BCUT2D eigenvalue weighted by Crippen LogP contribution is -2.19. The van der Waals surface area contributed by atoms with Gasteiger partial charge in [0.15, 0.2) is 0 Å². The van der Waals surface area contributed by atoms with Crippen LogP contribution in [0, 0.1) is 11.8 Å². The first kappa shape index (κ1) is 15.0. The van der Waals surface area contributed by atoms with E-state index in [1.54, 1.807) is 0 Å². The van der Waals surface area contributed by atoms with Gasteiger partial charge in [-0.15, -0.1) is 0 Å². The van der Waals surface area contributed by atoms with Crippen LogP contribution >= 0.6 is 0 Å². The van der Waals surface area contributed by atoms with Crippen LogP contribution in [0.5, 0.6) is 0 Å². The van der Waals surface area contributed by atoms with Crippen LogP contribution in [0.3, 0.4) is 0 Å². The first-order valence-corrected chi connectivity index (χ1v) is 7.08. The Bertz CT molecular complexity index is 337. The SMILES string of the molecule is CC(C)CCCC(C)CC1=C/C(=C/C(=O)[O-])CC1. The first-order valence-electron chi connectivity index (χ1n) is 7.08. The zero-order valence-electron chi connectivity index (χ0n) is 11.9. The van der Waals surface area contributed by atoms with E-state index in [0.29, 0.717) is 5.92 Å². The molecule has 0 saturated heterocycles. The van der Waals surface area contributed by atoms with Gasteiger partial charge in [0, 0.05) is 0 Å². The summed E-state index contributed by atoms with van der Waals surface area (Å²) in [6, 6.07) is 0. The number of carbonyl (C=O) groups is 1. The second-order valence-corrected chi connectivity index (χ2v) is 5.97. The summed E-state index contributed by atoms with van der Waals surface area (Å²) in [7, 11) is 0. The zero-order valence-corrected chi connectivity index (χ0v) is 11.9. The Kier molecular flexibility index (Phi) is 6.17. The second kappa shape index (κ2) is 7.40. The summed E-state index contributed by atoms with van der Waals surface area (Å²) in [6.45, 7) is 6.82. The van der Waals surface area contributed by atoms with Gasteiger partial charge in [-0.25, -0.2) is 0 Å². The third-order valence-electron chi connectivity index (χ3n) is 3.52. The number of carboxylic acids is 1. The van der Waals surface area contributed by atoms with E-state index in [0.717, 1.165) is 30.8 Å². The van der Waals surface area contributed by atoms with Crippen LogP contribution in [0.15, 0.2) is 23.3 Å². The van der Waals surface area contributed by atoms with Crippen molar-refractivity contribution < 1.29 is 9.90 Å². The first-order chi connectivity index (χ1) is 8.47. The fourth-order valence-corrected chi connectivity index (χ4v) is 2.56. The van der Waals surface area contributed by atoms with E-state index in [9.17, 15) is 9.90 Å². The third kappa shape index (κ3) is 6.04. The van der Waals surface area contributed by atoms with Crippen molar-refractivity contribution in [1.82, 2.24) is 0 Å². The average molecular weight is 249 g/mol. The number of carboxylic acid groups (broad SMARTS) is 1. The number of carbonyl (C=O) groups excluding carboxylic acids is 1. The molecule has 0 amide bonds. The van der Waals surface area contributed by atoms with E-state index in [2.05, 4.69) is 26.8 Å². The Balaban J connectivity index is 2.32. The molecule has 0 spiro atoms. The molecule has 0 aromatic rings. The molecule has 102 valence electrons. The van der Waals surface area contributed by atoms with E-state index in [-0.39, 0.29) is 0 Å². The predicted molar refractivity (Wildman–Crippen MR) is 72.9 cm³/mol. The van der Waals surface area contributed by atoms with Crippen molar-refractivity contribution in [3.05, 3.63) is 23.3 Å². The standard InChI is InChI=1S/C16H26O2/c1-12(2)5-4-6-13(3)9-14-7-8-15(10-14)11-16(17)18/h10-13H,4-9H2,1-3H3,(H,17,18)/p-1/b15-11+. The Morgan fingerprint density at radius 2 is 2.06 bits per heavy atom. The van der Waals surface area contributed by atoms with Crippen molar-refractivity contribution in [2.45, 2.75) is 59.3 Å². The van der Waals surface area contributed by atoms with Crippen molar-refractivity contribution in [2.24, 2.45) is 11.8 Å². The summed E-state index contributed by atoms with van der Waals surface area (Å²) in [5.41, 5.74) is 2.32. The monoisotopic (exact) mass is 249 g/mol. The third-order valence-corrected chi connectivity index (χ3v) is 3.52. The highest BCUT2D eigenvalue weighted by atomic mass is 16.4. The molecular formula is C16H25O2-. The molecule has 0 N–H and O–H groups in total. The summed E-state index contributed by atoms with van der Waals surface area (Å²) in [5.74, 6) is 0.422. The number of hydrogen-bond donors (Lipinski definition) is 0. The van der Waals surface area contributed by atoms with Crippen LogP contribution in [-0.2, 0) is 4.79 Å². The van der Waals surface area contributed by atoms with E-state index in [1.807, 2.05) is 0 Å². The summed E-state index contributed by atoms with van der Waals surface area (Å²) < 4.78 is 0. The van der Waals surface area contributed by atoms with Crippen LogP contribution in [0.25, 0.3) is 0 Å². The maximum Gasteiger partial charge on any atom is 0.0645 e. The van der Waals surface area contributed by atoms with Crippen molar-refractivity contribution in [3.63, 3.8) is 0 Å². The topological polar surface area (TPSA) is 40.1 Å². The van der Waals surface area contributed by atoms with Crippen molar-refractivity contribution >= 4 is 5.97 Å². The predicted octanol–water partition coefficient (Wildman–Crippen LogP) is 3.24. The molecule has 1 aliphatic carbocycles. The van der Waals surface area contributed by atoms with Gasteiger partial charge in [0.2, 0.25) is 0 Å². The van der Waals surface area contributed by atoms with Gasteiger partial charge >= 0.3 is 0 Å². The van der Waals surface area contributed by atoms with Gasteiger partial charge in [-0.3, -0.25) is 0 Å². The molecule has 0 aromatic carbocycles. The Morgan fingerprint density at radius 1 is 1.33 bits per heavy atom.